The lowest BCUT2D eigenvalue weighted by molar-refractivity contribution is -0.126. The second-order valence-electron chi connectivity index (χ2n) is 5.55. The van der Waals surface area contributed by atoms with Gasteiger partial charge in [0.15, 0.2) is 0 Å². The first-order chi connectivity index (χ1) is 9.59. The molecule has 0 aliphatic carbocycles. The number of piperazine rings is 1. The fourth-order valence-corrected chi connectivity index (χ4v) is 2.72. The topological polar surface area (TPSA) is 44.4 Å². The van der Waals surface area contributed by atoms with E-state index in [4.69, 9.17) is 0 Å². The number of carbonyl (C=O) groups excluding carboxylic acids is 1. The van der Waals surface area contributed by atoms with Gasteiger partial charge in [-0.15, -0.1) is 0 Å². The summed E-state index contributed by atoms with van der Waals surface area (Å²) in [6.07, 6.45) is 0. The molecule has 4 heteroatoms. The Labute approximate surface area is 121 Å². The maximum atomic E-state index is 12.4. The SMILES string of the molecule is Cc1ccccc1C(C)NC(=O)C(C)N1CCNCC1. The van der Waals surface area contributed by atoms with Crippen molar-refractivity contribution in [3.8, 4) is 0 Å². The number of carbonyl (C=O) groups is 1. The molecule has 1 saturated heterocycles. The van der Waals surface area contributed by atoms with Gasteiger partial charge >= 0.3 is 0 Å². The maximum Gasteiger partial charge on any atom is 0.237 e. The summed E-state index contributed by atoms with van der Waals surface area (Å²) in [7, 11) is 0. The first-order valence-electron chi connectivity index (χ1n) is 7.40. The number of amides is 1. The average Bonchev–Trinajstić information content (AvgIpc) is 2.47. The van der Waals surface area contributed by atoms with Crippen LogP contribution in [0, 0.1) is 6.92 Å². The summed E-state index contributed by atoms with van der Waals surface area (Å²) in [6.45, 7) is 9.92. The minimum Gasteiger partial charge on any atom is -0.348 e. The van der Waals surface area contributed by atoms with Crippen LogP contribution < -0.4 is 10.6 Å². The van der Waals surface area contributed by atoms with E-state index in [0.717, 1.165) is 26.2 Å². The maximum absolute atomic E-state index is 12.4. The molecule has 2 atom stereocenters. The molecule has 2 N–H and O–H groups in total. The molecule has 2 rings (SSSR count). The number of nitrogens with one attached hydrogen (secondary N) is 2. The molecule has 0 spiro atoms. The first-order valence-corrected chi connectivity index (χ1v) is 7.40. The van der Waals surface area contributed by atoms with Crippen LogP contribution >= 0.6 is 0 Å². The average molecular weight is 275 g/mol. The van der Waals surface area contributed by atoms with Gasteiger partial charge in [-0.2, -0.15) is 0 Å². The second kappa shape index (κ2) is 6.86. The molecule has 0 saturated carbocycles. The van der Waals surface area contributed by atoms with Gasteiger partial charge in [0.2, 0.25) is 5.91 Å². The van der Waals surface area contributed by atoms with E-state index in [1.165, 1.54) is 11.1 Å². The van der Waals surface area contributed by atoms with Gasteiger partial charge in [-0.05, 0) is 31.9 Å². The molecule has 1 aliphatic rings. The number of aryl methyl sites for hydroxylation is 1. The van der Waals surface area contributed by atoms with Crippen molar-refractivity contribution in [3.63, 3.8) is 0 Å². The van der Waals surface area contributed by atoms with E-state index in [1.807, 2.05) is 26.0 Å². The number of hydrogen-bond donors (Lipinski definition) is 2. The van der Waals surface area contributed by atoms with Crippen molar-refractivity contribution < 1.29 is 4.79 Å². The molecule has 4 nitrogen and oxygen atoms in total. The molecule has 0 aromatic heterocycles. The van der Waals surface area contributed by atoms with Crippen molar-refractivity contribution in [1.29, 1.82) is 0 Å². The minimum atomic E-state index is -0.0661. The molecule has 1 aromatic rings. The van der Waals surface area contributed by atoms with E-state index >= 15 is 0 Å². The molecule has 20 heavy (non-hydrogen) atoms. The number of rotatable bonds is 4. The molecule has 0 radical (unpaired) electrons. The van der Waals surface area contributed by atoms with E-state index < -0.39 is 0 Å². The Morgan fingerprint density at radius 1 is 1.25 bits per heavy atom. The highest BCUT2D eigenvalue weighted by Crippen LogP contribution is 2.17. The molecule has 110 valence electrons. The third-order valence-corrected chi connectivity index (χ3v) is 4.09. The van der Waals surface area contributed by atoms with Crippen LogP contribution in [-0.4, -0.2) is 43.0 Å². The number of nitrogens with zero attached hydrogens (tertiary/aromatic N) is 1. The summed E-state index contributed by atoms with van der Waals surface area (Å²) in [5.41, 5.74) is 2.41. The molecule has 2 unspecified atom stereocenters. The van der Waals surface area contributed by atoms with Gasteiger partial charge in [-0.3, -0.25) is 9.69 Å². The van der Waals surface area contributed by atoms with Gasteiger partial charge in [0, 0.05) is 26.2 Å². The summed E-state index contributed by atoms with van der Waals surface area (Å²) in [6, 6.07) is 8.19. The lowest BCUT2D eigenvalue weighted by Crippen LogP contribution is -2.52. The van der Waals surface area contributed by atoms with E-state index in [9.17, 15) is 4.79 Å². The molecule has 1 aliphatic heterocycles. The molecule has 1 aromatic carbocycles. The summed E-state index contributed by atoms with van der Waals surface area (Å²) in [5.74, 6) is 0.114. The number of hydrogen-bond acceptors (Lipinski definition) is 3. The van der Waals surface area contributed by atoms with E-state index in [0.29, 0.717) is 0 Å². The zero-order chi connectivity index (χ0) is 14.5. The Bertz CT molecular complexity index is 455. The predicted molar refractivity (Wildman–Crippen MR) is 81.6 cm³/mol. The van der Waals surface area contributed by atoms with Crippen LogP contribution in [0.3, 0.4) is 0 Å². The minimum absolute atomic E-state index is 0.0501. The van der Waals surface area contributed by atoms with Crippen molar-refractivity contribution >= 4 is 5.91 Å². The van der Waals surface area contributed by atoms with Gasteiger partial charge < -0.3 is 10.6 Å². The van der Waals surface area contributed by atoms with Gasteiger partial charge in [-0.25, -0.2) is 0 Å². The molecule has 1 fully saturated rings. The zero-order valence-electron chi connectivity index (χ0n) is 12.6. The summed E-state index contributed by atoms with van der Waals surface area (Å²) in [4.78, 5) is 14.6. The second-order valence-corrected chi connectivity index (χ2v) is 5.55. The highest BCUT2D eigenvalue weighted by atomic mass is 16.2. The van der Waals surface area contributed by atoms with Crippen LogP contribution in [0.5, 0.6) is 0 Å². The van der Waals surface area contributed by atoms with E-state index in [1.54, 1.807) is 0 Å². The van der Waals surface area contributed by atoms with Crippen LogP contribution in [0.4, 0.5) is 0 Å². The van der Waals surface area contributed by atoms with Crippen molar-refractivity contribution in [3.05, 3.63) is 35.4 Å². The van der Waals surface area contributed by atoms with Crippen LogP contribution in [0.1, 0.15) is 31.0 Å². The predicted octanol–water partition coefficient (Wildman–Crippen LogP) is 1.47. The first kappa shape index (κ1) is 15.0. The summed E-state index contributed by atoms with van der Waals surface area (Å²) in [5, 5.41) is 6.44. The fourth-order valence-electron chi connectivity index (χ4n) is 2.72. The molecular weight excluding hydrogens is 250 g/mol. The molecular formula is C16H25N3O. The smallest absolute Gasteiger partial charge is 0.237 e. The van der Waals surface area contributed by atoms with Crippen molar-refractivity contribution in [1.82, 2.24) is 15.5 Å². The highest BCUT2D eigenvalue weighted by Gasteiger charge is 2.24. The van der Waals surface area contributed by atoms with Gasteiger partial charge in [0.1, 0.15) is 0 Å². The largest absolute Gasteiger partial charge is 0.348 e. The quantitative estimate of drug-likeness (QED) is 0.874. The van der Waals surface area contributed by atoms with Crippen molar-refractivity contribution in [2.24, 2.45) is 0 Å². The van der Waals surface area contributed by atoms with Crippen LogP contribution in [0.15, 0.2) is 24.3 Å². The standard InChI is InChI=1S/C16H25N3O/c1-12-6-4-5-7-15(12)13(2)18-16(20)14(3)19-10-8-17-9-11-19/h4-7,13-14,17H,8-11H2,1-3H3,(H,18,20). The Kier molecular flexibility index (Phi) is 5.15. The lowest BCUT2D eigenvalue weighted by Gasteiger charge is -2.32. The van der Waals surface area contributed by atoms with Crippen LogP contribution in [0.2, 0.25) is 0 Å². The molecule has 0 bridgehead atoms. The Balaban J connectivity index is 1.95. The van der Waals surface area contributed by atoms with E-state index in [2.05, 4.69) is 34.6 Å². The lowest BCUT2D eigenvalue weighted by atomic mass is 10.0. The third kappa shape index (κ3) is 3.58. The summed E-state index contributed by atoms with van der Waals surface area (Å²) >= 11 is 0. The molecule has 1 amide bonds. The van der Waals surface area contributed by atoms with Crippen LogP contribution in [0.25, 0.3) is 0 Å². The van der Waals surface area contributed by atoms with Crippen LogP contribution in [-0.2, 0) is 4.79 Å². The third-order valence-electron chi connectivity index (χ3n) is 4.09. The van der Waals surface area contributed by atoms with Gasteiger partial charge in [0.25, 0.3) is 0 Å². The van der Waals surface area contributed by atoms with Gasteiger partial charge in [0.05, 0.1) is 12.1 Å². The van der Waals surface area contributed by atoms with Gasteiger partial charge in [-0.1, -0.05) is 24.3 Å². The Morgan fingerprint density at radius 3 is 2.55 bits per heavy atom. The fraction of sp³-hybridized carbons (Fsp3) is 0.562. The number of benzene rings is 1. The highest BCUT2D eigenvalue weighted by molar-refractivity contribution is 5.81. The van der Waals surface area contributed by atoms with E-state index in [-0.39, 0.29) is 18.0 Å². The van der Waals surface area contributed by atoms with Crippen molar-refractivity contribution in [2.45, 2.75) is 32.9 Å². The summed E-state index contributed by atoms with van der Waals surface area (Å²) < 4.78 is 0. The molecule has 1 heterocycles. The Hall–Kier alpha value is -1.39. The Morgan fingerprint density at radius 2 is 1.90 bits per heavy atom. The monoisotopic (exact) mass is 275 g/mol. The normalized spacial score (nSPS) is 19.4. The zero-order valence-corrected chi connectivity index (χ0v) is 12.6. The van der Waals surface area contributed by atoms with Crippen molar-refractivity contribution in [2.75, 3.05) is 26.2 Å².